The molecular formula is C14H23N3O2S. The van der Waals surface area contributed by atoms with Gasteiger partial charge in [-0.15, -0.1) is 0 Å². The standard InChI is InChI=1S/C14H23N3O2S/c1-2-16-20(18,19)14-8-6-12(7-9-14)17-10-4-3-5-13(17)11-15/h6-9,13,16H,2-5,10-11,15H2,1H3. The van der Waals surface area contributed by atoms with E-state index in [4.69, 9.17) is 5.73 Å². The van der Waals surface area contributed by atoms with Crippen molar-refractivity contribution < 1.29 is 8.42 Å². The summed E-state index contributed by atoms with van der Waals surface area (Å²) in [6, 6.07) is 7.43. The van der Waals surface area contributed by atoms with Crippen molar-refractivity contribution in [1.29, 1.82) is 0 Å². The summed E-state index contributed by atoms with van der Waals surface area (Å²) in [4.78, 5) is 2.59. The number of nitrogens with two attached hydrogens (primary N) is 1. The fourth-order valence-electron chi connectivity index (χ4n) is 2.68. The largest absolute Gasteiger partial charge is 0.367 e. The van der Waals surface area contributed by atoms with Gasteiger partial charge in [0, 0.05) is 31.4 Å². The van der Waals surface area contributed by atoms with Gasteiger partial charge in [-0.2, -0.15) is 0 Å². The quantitative estimate of drug-likeness (QED) is 0.859. The molecule has 1 aromatic carbocycles. The van der Waals surface area contributed by atoms with Crippen LogP contribution >= 0.6 is 0 Å². The van der Waals surface area contributed by atoms with Crippen LogP contribution in [0.2, 0.25) is 0 Å². The highest BCUT2D eigenvalue weighted by molar-refractivity contribution is 7.89. The predicted molar refractivity (Wildman–Crippen MR) is 81.3 cm³/mol. The average molecular weight is 297 g/mol. The molecule has 0 aliphatic carbocycles. The second-order valence-corrected chi connectivity index (χ2v) is 6.84. The Hall–Kier alpha value is -1.11. The van der Waals surface area contributed by atoms with Gasteiger partial charge in [0.05, 0.1) is 4.90 Å². The summed E-state index contributed by atoms with van der Waals surface area (Å²) in [5.74, 6) is 0. The molecule has 0 amide bonds. The van der Waals surface area contributed by atoms with E-state index >= 15 is 0 Å². The summed E-state index contributed by atoms with van der Waals surface area (Å²) in [5, 5.41) is 0. The third-order valence-corrected chi connectivity index (χ3v) is 5.27. The maximum absolute atomic E-state index is 11.9. The molecular weight excluding hydrogens is 274 g/mol. The Morgan fingerprint density at radius 3 is 2.60 bits per heavy atom. The van der Waals surface area contributed by atoms with Gasteiger partial charge in [0.2, 0.25) is 10.0 Å². The van der Waals surface area contributed by atoms with Gasteiger partial charge in [-0.05, 0) is 43.5 Å². The zero-order valence-electron chi connectivity index (χ0n) is 11.9. The summed E-state index contributed by atoms with van der Waals surface area (Å²) >= 11 is 0. The third-order valence-electron chi connectivity index (χ3n) is 3.71. The highest BCUT2D eigenvalue weighted by Crippen LogP contribution is 2.25. The number of hydrogen-bond acceptors (Lipinski definition) is 4. The molecule has 0 spiro atoms. The van der Waals surface area contributed by atoms with Crippen LogP contribution in [0, 0.1) is 0 Å². The van der Waals surface area contributed by atoms with E-state index in [1.807, 2.05) is 12.1 Å². The van der Waals surface area contributed by atoms with Crippen LogP contribution < -0.4 is 15.4 Å². The molecule has 1 aromatic rings. The van der Waals surface area contributed by atoms with Crippen molar-refractivity contribution in [2.45, 2.75) is 37.1 Å². The molecule has 1 atom stereocenters. The Labute approximate surface area is 121 Å². The van der Waals surface area contributed by atoms with E-state index in [9.17, 15) is 8.42 Å². The van der Waals surface area contributed by atoms with Crippen LogP contribution in [0.4, 0.5) is 5.69 Å². The first-order valence-electron chi connectivity index (χ1n) is 7.15. The van der Waals surface area contributed by atoms with E-state index in [-0.39, 0.29) is 0 Å². The minimum atomic E-state index is -3.37. The Morgan fingerprint density at radius 1 is 1.30 bits per heavy atom. The van der Waals surface area contributed by atoms with Crippen molar-refractivity contribution in [2.75, 3.05) is 24.5 Å². The van der Waals surface area contributed by atoms with Gasteiger partial charge < -0.3 is 10.6 Å². The third kappa shape index (κ3) is 3.31. The van der Waals surface area contributed by atoms with Gasteiger partial charge in [0.1, 0.15) is 0 Å². The molecule has 3 N–H and O–H groups in total. The zero-order chi connectivity index (χ0) is 14.6. The molecule has 0 aromatic heterocycles. The van der Waals surface area contributed by atoms with Gasteiger partial charge in [0.15, 0.2) is 0 Å². The monoisotopic (exact) mass is 297 g/mol. The van der Waals surface area contributed by atoms with Crippen molar-refractivity contribution in [2.24, 2.45) is 5.73 Å². The summed E-state index contributed by atoms with van der Waals surface area (Å²) in [6.45, 7) is 3.79. The van der Waals surface area contributed by atoms with Gasteiger partial charge in [0.25, 0.3) is 0 Å². The molecule has 112 valence electrons. The zero-order valence-corrected chi connectivity index (χ0v) is 12.7. The van der Waals surface area contributed by atoms with E-state index in [0.717, 1.165) is 25.1 Å². The maximum atomic E-state index is 11.9. The summed E-state index contributed by atoms with van der Waals surface area (Å²) < 4.78 is 26.3. The second-order valence-electron chi connectivity index (χ2n) is 5.07. The van der Waals surface area contributed by atoms with E-state index in [0.29, 0.717) is 24.0 Å². The van der Waals surface area contributed by atoms with E-state index < -0.39 is 10.0 Å². The van der Waals surface area contributed by atoms with Crippen LogP contribution in [0.15, 0.2) is 29.2 Å². The second kappa shape index (κ2) is 6.56. The van der Waals surface area contributed by atoms with Crippen LogP contribution in [0.25, 0.3) is 0 Å². The van der Waals surface area contributed by atoms with Crippen LogP contribution in [-0.2, 0) is 10.0 Å². The topological polar surface area (TPSA) is 75.4 Å². The molecule has 1 fully saturated rings. The number of hydrogen-bond donors (Lipinski definition) is 2. The Morgan fingerprint density at radius 2 is 2.00 bits per heavy atom. The number of nitrogens with one attached hydrogen (secondary N) is 1. The lowest BCUT2D eigenvalue weighted by Gasteiger charge is -2.37. The van der Waals surface area contributed by atoms with Crippen LogP contribution in [0.3, 0.4) is 0 Å². The average Bonchev–Trinajstić information content (AvgIpc) is 2.47. The lowest BCUT2D eigenvalue weighted by atomic mass is 10.0. The fourth-order valence-corrected chi connectivity index (χ4v) is 3.72. The van der Waals surface area contributed by atoms with Crippen molar-refractivity contribution in [3.63, 3.8) is 0 Å². The Kier molecular flexibility index (Phi) is 5.01. The molecule has 20 heavy (non-hydrogen) atoms. The normalized spacial score (nSPS) is 20.1. The highest BCUT2D eigenvalue weighted by Gasteiger charge is 2.21. The Balaban J connectivity index is 2.19. The first-order chi connectivity index (χ1) is 9.58. The predicted octanol–water partition coefficient (Wildman–Crippen LogP) is 1.30. The minimum absolute atomic E-state index is 0.310. The number of anilines is 1. The summed E-state index contributed by atoms with van der Waals surface area (Å²) in [7, 11) is -3.37. The molecule has 0 radical (unpaired) electrons. The molecule has 1 aliphatic heterocycles. The van der Waals surface area contributed by atoms with E-state index in [2.05, 4.69) is 9.62 Å². The lowest BCUT2D eigenvalue weighted by Crippen LogP contribution is -2.44. The van der Waals surface area contributed by atoms with Gasteiger partial charge >= 0.3 is 0 Å². The molecule has 0 saturated carbocycles. The van der Waals surface area contributed by atoms with Crippen molar-refractivity contribution in [3.8, 4) is 0 Å². The molecule has 0 bridgehead atoms. The SMILES string of the molecule is CCNS(=O)(=O)c1ccc(N2CCCCC2CN)cc1. The van der Waals surface area contributed by atoms with Crippen LogP contribution in [-0.4, -0.2) is 34.1 Å². The van der Waals surface area contributed by atoms with Crippen LogP contribution in [0.5, 0.6) is 0 Å². The highest BCUT2D eigenvalue weighted by atomic mass is 32.2. The molecule has 5 nitrogen and oxygen atoms in total. The Bertz CT molecular complexity index is 528. The molecule has 2 rings (SSSR count). The first-order valence-corrected chi connectivity index (χ1v) is 8.63. The molecule has 1 unspecified atom stereocenters. The molecule has 1 heterocycles. The van der Waals surface area contributed by atoms with Crippen LogP contribution in [0.1, 0.15) is 26.2 Å². The van der Waals surface area contributed by atoms with Crippen molar-refractivity contribution in [1.82, 2.24) is 4.72 Å². The first kappa shape index (κ1) is 15.3. The summed E-state index contributed by atoms with van der Waals surface area (Å²) in [5.41, 5.74) is 6.87. The van der Waals surface area contributed by atoms with E-state index in [1.54, 1.807) is 19.1 Å². The van der Waals surface area contributed by atoms with Crippen molar-refractivity contribution >= 4 is 15.7 Å². The number of sulfonamides is 1. The van der Waals surface area contributed by atoms with Crippen molar-refractivity contribution in [3.05, 3.63) is 24.3 Å². The molecule has 6 heteroatoms. The number of benzene rings is 1. The molecule has 1 aliphatic rings. The number of nitrogens with zero attached hydrogens (tertiary/aromatic N) is 1. The smallest absolute Gasteiger partial charge is 0.240 e. The van der Waals surface area contributed by atoms with E-state index in [1.165, 1.54) is 6.42 Å². The lowest BCUT2D eigenvalue weighted by molar-refractivity contribution is 0.465. The van der Waals surface area contributed by atoms with Gasteiger partial charge in [-0.1, -0.05) is 6.92 Å². The fraction of sp³-hybridized carbons (Fsp3) is 0.571. The van der Waals surface area contributed by atoms with Gasteiger partial charge in [-0.3, -0.25) is 0 Å². The maximum Gasteiger partial charge on any atom is 0.240 e. The minimum Gasteiger partial charge on any atom is -0.367 e. The number of rotatable bonds is 5. The number of piperidine rings is 1. The molecule has 1 saturated heterocycles. The van der Waals surface area contributed by atoms with Gasteiger partial charge in [-0.25, -0.2) is 13.1 Å². The summed E-state index contributed by atoms with van der Waals surface area (Å²) in [6.07, 6.45) is 3.48.